The molecule has 0 fully saturated rings. The third kappa shape index (κ3) is 1.85. The number of phenolic OH excluding ortho intramolecular Hbond substituents is 1. The number of hydrogen-bond acceptors (Lipinski definition) is 2. The Balaban J connectivity index is 2.06. The lowest BCUT2D eigenvalue weighted by molar-refractivity contribution is 0.357. The van der Waals surface area contributed by atoms with Crippen LogP contribution in [-0.4, -0.2) is 11.7 Å². The Kier molecular flexibility index (Phi) is 2.45. The van der Waals surface area contributed by atoms with E-state index in [0.717, 1.165) is 29.9 Å². The zero-order chi connectivity index (χ0) is 11.8. The first-order valence-corrected chi connectivity index (χ1v) is 5.86. The van der Waals surface area contributed by atoms with Crippen molar-refractivity contribution in [3.8, 4) is 22.6 Å². The highest BCUT2D eigenvalue weighted by molar-refractivity contribution is 6.32. The summed E-state index contributed by atoms with van der Waals surface area (Å²) in [6, 6.07) is 11.4. The Labute approximate surface area is 104 Å². The van der Waals surface area contributed by atoms with Crippen LogP contribution >= 0.6 is 11.6 Å². The van der Waals surface area contributed by atoms with Crippen LogP contribution in [0.5, 0.6) is 11.5 Å². The van der Waals surface area contributed by atoms with E-state index in [9.17, 15) is 5.11 Å². The lowest BCUT2D eigenvalue weighted by Crippen LogP contribution is -1.85. The van der Waals surface area contributed by atoms with Gasteiger partial charge in [-0.25, -0.2) is 0 Å². The lowest BCUT2D eigenvalue weighted by atomic mass is 10.0. The molecule has 1 aliphatic rings. The first-order chi connectivity index (χ1) is 8.24. The molecule has 1 heterocycles. The van der Waals surface area contributed by atoms with Gasteiger partial charge in [0.05, 0.1) is 11.6 Å². The molecular formula is C14H11ClO2. The molecule has 0 saturated heterocycles. The average Bonchev–Trinajstić information content (AvgIpc) is 2.79. The molecule has 86 valence electrons. The number of fused-ring (bicyclic) bond motifs is 1. The van der Waals surface area contributed by atoms with Gasteiger partial charge in [-0.15, -0.1) is 0 Å². The van der Waals surface area contributed by atoms with E-state index in [-0.39, 0.29) is 5.75 Å². The standard InChI is InChI=1S/C14H11ClO2/c15-12-3-1-10(8-13(12)16)9-2-4-14-11(7-9)5-6-17-14/h1-4,7-8,16H,5-6H2. The van der Waals surface area contributed by atoms with Gasteiger partial charge in [0.25, 0.3) is 0 Å². The molecule has 0 aromatic heterocycles. The molecule has 3 rings (SSSR count). The second-order valence-electron chi connectivity index (χ2n) is 4.09. The highest BCUT2D eigenvalue weighted by atomic mass is 35.5. The number of ether oxygens (including phenoxy) is 1. The molecule has 2 aromatic rings. The van der Waals surface area contributed by atoms with Crippen molar-refractivity contribution in [3.05, 3.63) is 47.0 Å². The SMILES string of the molecule is Oc1cc(-c2ccc3c(c2)CCO3)ccc1Cl. The average molecular weight is 247 g/mol. The molecule has 1 N–H and O–H groups in total. The zero-order valence-electron chi connectivity index (χ0n) is 9.11. The number of halogens is 1. The summed E-state index contributed by atoms with van der Waals surface area (Å²) in [4.78, 5) is 0. The van der Waals surface area contributed by atoms with Crippen LogP contribution in [0, 0.1) is 0 Å². The first kappa shape index (κ1) is 10.5. The summed E-state index contributed by atoms with van der Waals surface area (Å²) in [7, 11) is 0. The van der Waals surface area contributed by atoms with Crippen molar-refractivity contribution in [1.29, 1.82) is 0 Å². The third-order valence-electron chi connectivity index (χ3n) is 2.97. The monoisotopic (exact) mass is 246 g/mol. The molecule has 0 unspecified atom stereocenters. The summed E-state index contributed by atoms with van der Waals surface area (Å²) in [5, 5.41) is 9.97. The molecule has 0 radical (unpaired) electrons. The topological polar surface area (TPSA) is 29.5 Å². The molecule has 3 heteroatoms. The van der Waals surface area contributed by atoms with Crippen LogP contribution in [0.2, 0.25) is 5.02 Å². The fourth-order valence-corrected chi connectivity index (χ4v) is 2.18. The predicted molar refractivity (Wildman–Crippen MR) is 67.8 cm³/mol. The molecule has 0 saturated carbocycles. The van der Waals surface area contributed by atoms with Gasteiger partial charge in [-0.1, -0.05) is 23.7 Å². The van der Waals surface area contributed by atoms with E-state index >= 15 is 0 Å². The fourth-order valence-electron chi connectivity index (χ4n) is 2.06. The van der Waals surface area contributed by atoms with Gasteiger partial charge < -0.3 is 9.84 Å². The maximum atomic E-state index is 9.60. The van der Waals surface area contributed by atoms with Gasteiger partial charge in [-0.2, -0.15) is 0 Å². The molecule has 0 spiro atoms. The number of benzene rings is 2. The Morgan fingerprint density at radius 2 is 1.82 bits per heavy atom. The lowest BCUT2D eigenvalue weighted by Gasteiger charge is -2.05. The molecule has 17 heavy (non-hydrogen) atoms. The molecule has 0 bridgehead atoms. The third-order valence-corrected chi connectivity index (χ3v) is 3.29. The van der Waals surface area contributed by atoms with Crippen molar-refractivity contribution in [2.45, 2.75) is 6.42 Å². The minimum atomic E-state index is 0.112. The van der Waals surface area contributed by atoms with E-state index in [1.54, 1.807) is 12.1 Å². The summed E-state index contributed by atoms with van der Waals surface area (Å²) in [6.07, 6.45) is 0.947. The molecule has 0 aliphatic carbocycles. The molecule has 2 aromatic carbocycles. The summed E-state index contributed by atoms with van der Waals surface area (Å²) in [5.41, 5.74) is 3.25. The Bertz CT molecular complexity index is 578. The smallest absolute Gasteiger partial charge is 0.134 e. The van der Waals surface area contributed by atoms with Gasteiger partial charge in [0.15, 0.2) is 0 Å². The van der Waals surface area contributed by atoms with Gasteiger partial charge in [-0.05, 0) is 41.0 Å². The number of aromatic hydroxyl groups is 1. The minimum Gasteiger partial charge on any atom is -0.506 e. The van der Waals surface area contributed by atoms with Crippen LogP contribution in [0.4, 0.5) is 0 Å². The summed E-state index contributed by atoms with van der Waals surface area (Å²) in [5.74, 6) is 1.08. The van der Waals surface area contributed by atoms with Crippen LogP contribution in [0.25, 0.3) is 11.1 Å². The predicted octanol–water partition coefficient (Wildman–Crippen LogP) is 3.65. The van der Waals surface area contributed by atoms with E-state index in [2.05, 4.69) is 6.07 Å². The van der Waals surface area contributed by atoms with Crippen molar-refractivity contribution in [2.24, 2.45) is 0 Å². The molecule has 2 nitrogen and oxygen atoms in total. The second-order valence-corrected chi connectivity index (χ2v) is 4.49. The maximum absolute atomic E-state index is 9.60. The zero-order valence-corrected chi connectivity index (χ0v) is 9.87. The van der Waals surface area contributed by atoms with Crippen molar-refractivity contribution in [3.63, 3.8) is 0 Å². The first-order valence-electron chi connectivity index (χ1n) is 5.49. The van der Waals surface area contributed by atoms with Crippen molar-refractivity contribution < 1.29 is 9.84 Å². The Morgan fingerprint density at radius 3 is 2.65 bits per heavy atom. The van der Waals surface area contributed by atoms with Gasteiger partial charge in [0.2, 0.25) is 0 Å². The maximum Gasteiger partial charge on any atom is 0.134 e. The van der Waals surface area contributed by atoms with Crippen LogP contribution in [0.15, 0.2) is 36.4 Å². The van der Waals surface area contributed by atoms with Crippen LogP contribution in [0.1, 0.15) is 5.56 Å². The van der Waals surface area contributed by atoms with Crippen molar-refractivity contribution in [1.82, 2.24) is 0 Å². The van der Waals surface area contributed by atoms with Gasteiger partial charge >= 0.3 is 0 Å². The van der Waals surface area contributed by atoms with Crippen LogP contribution < -0.4 is 4.74 Å². The fraction of sp³-hybridized carbons (Fsp3) is 0.143. The summed E-state index contributed by atoms with van der Waals surface area (Å²) < 4.78 is 5.46. The van der Waals surface area contributed by atoms with E-state index in [1.165, 1.54) is 5.56 Å². The number of phenols is 1. The quantitative estimate of drug-likeness (QED) is 0.832. The van der Waals surface area contributed by atoms with Gasteiger partial charge in [0, 0.05) is 6.42 Å². The van der Waals surface area contributed by atoms with Crippen LogP contribution in [-0.2, 0) is 6.42 Å². The second kappa shape index (κ2) is 3.97. The largest absolute Gasteiger partial charge is 0.506 e. The van der Waals surface area contributed by atoms with Gasteiger partial charge in [-0.3, -0.25) is 0 Å². The molecule has 0 amide bonds. The number of rotatable bonds is 1. The number of hydrogen-bond donors (Lipinski definition) is 1. The van der Waals surface area contributed by atoms with Gasteiger partial charge in [0.1, 0.15) is 11.5 Å². The van der Waals surface area contributed by atoms with E-state index < -0.39 is 0 Å². The molecule has 1 aliphatic heterocycles. The molecule has 0 atom stereocenters. The van der Waals surface area contributed by atoms with Crippen molar-refractivity contribution >= 4 is 11.6 Å². The van der Waals surface area contributed by atoms with E-state index in [4.69, 9.17) is 16.3 Å². The highest BCUT2D eigenvalue weighted by Crippen LogP contribution is 2.33. The Hall–Kier alpha value is -1.67. The Morgan fingerprint density at radius 1 is 1.06 bits per heavy atom. The molecular weight excluding hydrogens is 236 g/mol. The van der Waals surface area contributed by atoms with Crippen molar-refractivity contribution in [2.75, 3.05) is 6.61 Å². The van der Waals surface area contributed by atoms with Crippen LogP contribution in [0.3, 0.4) is 0 Å². The minimum absolute atomic E-state index is 0.112. The van der Waals surface area contributed by atoms with E-state index in [0.29, 0.717) is 5.02 Å². The summed E-state index contributed by atoms with van der Waals surface area (Å²) in [6.45, 7) is 0.755. The van der Waals surface area contributed by atoms with E-state index in [1.807, 2.05) is 18.2 Å². The highest BCUT2D eigenvalue weighted by Gasteiger charge is 2.12. The summed E-state index contributed by atoms with van der Waals surface area (Å²) >= 11 is 5.79. The normalized spacial score (nSPS) is 13.2.